The molecular weight excluding hydrogens is 452 g/mol. The molecule has 180 valence electrons. The summed E-state index contributed by atoms with van der Waals surface area (Å²) >= 11 is 0. The van der Waals surface area contributed by atoms with Crippen molar-refractivity contribution in [1.82, 2.24) is 0 Å². The fourth-order valence-corrected chi connectivity index (χ4v) is 2.94. The van der Waals surface area contributed by atoms with Gasteiger partial charge in [-0.2, -0.15) is 0 Å². The molecule has 0 fully saturated rings. The normalized spacial score (nSPS) is 10.5. The van der Waals surface area contributed by atoms with Gasteiger partial charge in [0.25, 0.3) is 0 Å². The van der Waals surface area contributed by atoms with Crippen molar-refractivity contribution in [3.8, 4) is 11.5 Å². The summed E-state index contributed by atoms with van der Waals surface area (Å²) in [5.74, 6) is -4.57. The molecule has 0 saturated heterocycles. The van der Waals surface area contributed by atoms with E-state index in [1.54, 1.807) is 24.3 Å². The minimum absolute atomic E-state index is 0.163. The van der Waals surface area contributed by atoms with Gasteiger partial charge in [-0.15, -0.1) is 0 Å². The standard InChI is InChI=1S/C22H22N2O10/c25-19(26)11-23(12-20(27)28)15-5-1-3-7-17(15)33-9-10-34-18-8-4-2-6-16(18)24(13-21(29)30)14-22(31)32/h1-10H,11-14H2,(H,25,26)(H,27,28)(H,29,30)(H,31,32). The molecule has 0 radical (unpaired) electrons. The summed E-state index contributed by atoms with van der Waals surface area (Å²) in [4.78, 5) is 46.7. The first-order chi connectivity index (χ1) is 16.2. The average Bonchev–Trinajstić information content (AvgIpc) is 2.75. The summed E-state index contributed by atoms with van der Waals surface area (Å²) < 4.78 is 11.0. The van der Waals surface area contributed by atoms with Crippen LogP contribution in [0, 0.1) is 0 Å². The van der Waals surface area contributed by atoms with E-state index in [4.69, 9.17) is 29.9 Å². The van der Waals surface area contributed by atoms with Crippen LogP contribution in [-0.2, 0) is 19.2 Å². The van der Waals surface area contributed by atoms with E-state index in [-0.39, 0.29) is 22.9 Å². The molecule has 0 unspecified atom stereocenters. The van der Waals surface area contributed by atoms with E-state index in [9.17, 15) is 19.2 Å². The molecule has 0 bridgehead atoms. The molecule has 0 heterocycles. The number of anilines is 2. The molecule has 0 saturated carbocycles. The van der Waals surface area contributed by atoms with Crippen LogP contribution in [0.2, 0.25) is 0 Å². The summed E-state index contributed by atoms with van der Waals surface area (Å²) in [5, 5.41) is 36.3. The molecule has 2 aromatic rings. The Hall–Kier alpha value is -4.74. The second-order valence-electron chi connectivity index (χ2n) is 6.73. The topological polar surface area (TPSA) is 174 Å². The van der Waals surface area contributed by atoms with Gasteiger partial charge in [0.05, 0.1) is 11.4 Å². The largest absolute Gasteiger partial charge is 0.480 e. The third-order valence-corrected chi connectivity index (χ3v) is 4.16. The van der Waals surface area contributed by atoms with Crippen LogP contribution in [0.3, 0.4) is 0 Å². The van der Waals surface area contributed by atoms with Crippen LogP contribution in [0.15, 0.2) is 61.1 Å². The lowest BCUT2D eigenvalue weighted by Gasteiger charge is -2.23. The number of ether oxygens (including phenoxy) is 2. The van der Waals surface area contributed by atoms with E-state index >= 15 is 0 Å². The quantitative estimate of drug-likeness (QED) is 0.291. The maximum atomic E-state index is 11.1. The van der Waals surface area contributed by atoms with Crippen LogP contribution in [-0.4, -0.2) is 70.5 Å². The van der Waals surface area contributed by atoms with Gasteiger partial charge in [-0.05, 0) is 24.3 Å². The summed E-state index contributed by atoms with van der Waals surface area (Å²) in [6, 6.07) is 12.4. The molecule has 12 heteroatoms. The Labute approximate surface area is 193 Å². The molecule has 34 heavy (non-hydrogen) atoms. The number of aliphatic carboxylic acids is 4. The highest BCUT2D eigenvalue weighted by molar-refractivity contribution is 5.81. The van der Waals surface area contributed by atoms with Crippen molar-refractivity contribution in [2.75, 3.05) is 36.0 Å². The fraction of sp³-hybridized carbons (Fsp3) is 0.182. The zero-order chi connectivity index (χ0) is 25.1. The first kappa shape index (κ1) is 25.5. The molecule has 2 rings (SSSR count). The smallest absolute Gasteiger partial charge is 0.323 e. The Morgan fingerprint density at radius 1 is 0.588 bits per heavy atom. The van der Waals surface area contributed by atoms with Crippen molar-refractivity contribution in [1.29, 1.82) is 0 Å². The van der Waals surface area contributed by atoms with Gasteiger partial charge < -0.3 is 39.7 Å². The number of carboxylic acids is 4. The molecule has 0 spiro atoms. The van der Waals surface area contributed by atoms with Gasteiger partial charge in [0, 0.05) is 0 Å². The molecular formula is C22H22N2O10. The van der Waals surface area contributed by atoms with Crippen molar-refractivity contribution in [3.05, 3.63) is 61.1 Å². The minimum Gasteiger partial charge on any atom is -0.480 e. The first-order valence-electron chi connectivity index (χ1n) is 9.70. The SMILES string of the molecule is O=C(O)CN(CC(=O)O)c1ccccc1OC=COc1ccccc1N(CC(=O)O)CC(=O)O. The number of carbonyl (C=O) groups is 4. The first-order valence-corrected chi connectivity index (χ1v) is 9.70. The van der Waals surface area contributed by atoms with Crippen LogP contribution >= 0.6 is 0 Å². The molecule has 0 aliphatic rings. The number of hydrogen-bond acceptors (Lipinski definition) is 8. The van der Waals surface area contributed by atoms with Gasteiger partial charge in [-0.1, -0.05) is 24.3 Å². The lowest BCUT2D eigenvalue weighted by Crippen LogP contribution is -2.34. The minimum atomic E-state index is -1.22. The van der Waals surface area contributed by atoms with Crippen molar-refractivity contribution >= 4 is 35.3 Å². The number of rotatable bonds is 14. The summed E-state index contributed by atoms with van der Waals surface area (Å²) in [6.45, 7) is -2.26. The molecule has 0 aromatic heterocycles. The van der Waals surface area contributed by atoms with Gasteiger partial charge in [-0.25, -0.2) is 0 Å². The van der Waals surface area contributed by atoms with E-state index < -0.39 is 50.1 Å². The Balaban J connectivity index is 2.19. The zero-order valence-electron chi connectivity index (χ0n) is 17.7. The maximum Gasteiger partial charge on any atom is 0.323 e. The molecule has 0 atom stereocenters. The predicted octanol–water partition coefficient (Wildman–Crippen LogP) is 1.57. The fourth-order valence-electron chi connectivity index (χ4n) is 2.94. The molecule has 0 aliphatic carbocycles. The van der Waals surface area contributed by atoms with Crippen molar-refractivity contribution < 1.29 is 49.1 Å². The van der Waals surface area contributed by atoms with E-state index in [2.05, 4.69) is 0 Å². The summed E-state index contributed by atoms with van der Waals surface area (Å²) in [6.07, 6.45) is 2.24. The second kappa shape index (κ2) is 12.3. The van der Waals surface area contributed by atoms with Crippen molar-refractivity contribution in [2.24, 2.45) is 0 Å². The Morgan fingerprint density at radius 3 is 1.18 bits per heavy atom. The van der Waals surface area contributed by atoms with Gasteiger partial charge >= 0.3 is 23.9 Å². The van der Waals surface area contributed by atoms with Gasteiger partial charge in [0.2, 0.25) is 0 Å². The van der Waals surface area contributed by atoms with E-state index in [1.165, 1.54) is 24.3 Å². The van der Waals surface area contributed by atoms with Crippen LogP contribution in [0.5, 0.6) is 11.5 Å². The predicted molar refractivity (Wildman–Crippen MR) is 118 cm³/mol. The highest BCUT2D eigenvalue weighted by atomic mass is 16.5. The van der Waals surface area contributed by atoms with Crippen LogP contribution < -0.4 is 19.3 Å². The number of hydrogen-bond donors (Lipinski definition) is 4. The monoisotopic (exact) mass is 474 g/mol. The van der Waals surface area contributed by atoms with E-state index in [0.29, 0.717) is 0 Å². The average molecular weight is 474 g/mol. The number of benzene rings is 2. The van der Waals surface area contributed by atoms with Gasteiger partial charge in [0.15, 0.2) is 0 Å². The van der Waals surface area contributed by atoms with Crippen LogP contribution in [0.1, 0.15) is 0 Å². The highest BCUT2D eigenvalue weighted by Crippen LogP contribution is 2.30. The van der Waals surface area contributed by atoms with Crippen LogP contribution in [0.4, 0.5) is 11.4 Å². The lowest BCUT2D eigenvalue weighted by atomic mass is 10.2. The Kier molecular flexibility index (Phi) is 9.26. The summed E-state index contributed by atoms with van der Waals surface area (Å²) in [5.41, 5.74) is 0.456. The third-order valence-electron chi connectivity index (χ3n) is 4.16. The summed E-state index contributed by atoms with van der Waals surface area (Å²) in [7, 11) is 0. The highest BCUT2D eigenvalue weighted by Gasteiger charge is 2.19. The Morgan fingerprint density at radius 2 is 0.882 bits per heavy atom. The molecule has 0 aliphatic heterocycles. The maximum absolute atomic E-state index is 11.1. The zero-order valence-corrected chi connectivity index (χ0v) is 17.7. The molecule has 2 aromatic carbocycles. The number of carboxylic acid groups (broad SMARTS) is 4. The number of nitrogens with zero attached hydrogens (tertiary/aromatic N) is 2. The van der Waals surface area contributed by atoms with Crippen molar-refractivity contribution in [2.45, 2.75) is 0 Å². The lowest BCUT2D eigenvalue weighted by molar-refractivity contribution is -0.138. The van der Waals surface area contributed by atoms with E-state index in [0.717, 1.165) is 22.3 Å². The second-order valence-corrected chi connectivity index (χ2v) is 6.73. The molecule has 4 N–H and O–H groups in total. The van der Waals surface area contributed by atoms with Crippen LogP contribution in [0.25, 0.3) is 0 Å². The van der Waals surface area contributed by atoms with Gasteiger partial charge in [-0.3, -0.25) is 19.2 Å². The molecule has 12 nitrogen and oxygen atoms in total. The Bertz CT molecular complexity index is 954. The van der Waals surface area contributed by atoms with Gasteiger partial charge in [0.1, 0.15) is 50.2 Å². The number of para-hydroxylation sites is 4. The van der Waals surface area contributed by atoms with E-state index in [1.807, 2.05) is 0 Å². The third kappa shape index (κ3) is 8.07. The molecule has 0 amide bonds. The van der Waals surface area contributed by atoms with Crippen molar-refractivity contribution in [3.63, 3.8) is 0 Å².